The minimum Gasteiger partial charge on any atom is -0.299 e. The van der Waals surface area contributed by atoms with E-state index in [-0.39, 0.29) is 5.92 Å². The fourth-order valence-corrected chi connectivity index (χ4v) is 1.26. The molecular formula is C10H17N3O. The van der Waals surface area contributed by atoms with Crippen molar-refractivity contribution in [3.8, 4) is 0 Å². The molecule has 0 unspecified atom stereocenters. The van der Waals surface area contributed by atoms with Crippen LogP contribution in [0.2, 0.25) is 0 Å². The third kappa shape index (κ3) is 2.94. The quantitative estimate of drug-likeness (QED) is 0.712. The van der Waals surface area contributed by atoms with Crippen LogP contribution >= 0.6 is 0 Å². The molecule has 4 heteroatoms. The van der Waals surface area contributed by atoms with Crippen LogP contribution < -0.4 is 0 Å². The molecule has 0 spiro atoms. The van der Waals surface area contributed by atoms with E-state index in [1.807, 2.05) is 20.9 Å². The third-order valence-corrected chi connectivity index (χ3v) is 2.27. The normalized spacial score (nSPS) is 10.9. The van der Waals surface area contributed by atoms with E-state index in [1.165, 1.54) is 0 Å². The zero-order valence-electron chi connectivity index (χ0n) is 9.03. The summed E-state index contributed by atoms with van der Waals surface area (Å²) >= 11 is 0. The van der Waals surface area contributed by atoms with Gasteiger partial charge >= 0.3 is 0 Å². The molecule has 0 saturated heterocycles. The van der Waals surface area contributed by atoms with E-state index >= 15 is 0 Å². The van der Waals surface area contributed by atoms with Crippen molar-refractivity contribution >= 4 is 5.78 Å². The van der Waals surface area contributed by atoms with Gasteiger partial charge in [-0.15, -0.1) is 0 Å². The van der Waals surface area contributed by atoms with Gasteiger partial charge in [-0.2, -0.15) is 5.10 Å². The van der Waals surface area contributed by atoms with Crippen LogP contribution in [0, 0.1) is 5.92 Å². The first-order chi connectivity index (χ1) is 6.61. The molecule has 0 aliphatic carbocycles. The van der Waals surface area contributed by atoms with E-state index < -0.39 is 0 Å². The molecule has 0 bridgehead atoms. The zero-order chi connectivity index (χ0) is 10.6. The van der Waals surface area contributed by atoms with Crippen LogP contribution in [-0.2, 0) is 18.3 Å². The first kappa shape index (κ1) is 10.9. The average Bonchev–Trinajstić information content (AvgIpc) is 2.51. The molecule has 0 aromatic carbocycles. The molecule has 14 heavy (non-hydrogen) atoms. The molecular weight excluding hydrogens is 178 g/mol. The van der Waals surface area contributed by atoms with Crippen molar-refractivity contribution in [1.29, 1.82) is 0 Å². The number of hydrogen-bond donors (Lipinski definition) is 0. The van der Waals surface area contributed by atoms with Crippen molar-refractivity contribution in [2.75, 3.05) is 0 Å². The second-order valence-corrected chi connectivity index (χ2v) is 3.77. The minimum absolute atomic E-state index is 0.148. The molecule has 0 fully saturated rings. The number of carbonyl (C=O) groups is 1. The smallest absolute Gasteiger partial charge is 0.138 e. The highest BCUT2D eigenvalue weighted by Crippen LogP contribution is 2.05. The number of aryl methyl sites for hydroxylation is 2. The summed E-state index contributed by atoms with van der Waals surface area (Å²) in [4.78, 5) is 15.4. The van der Waals surface area contributed by atoms with Crippen LogP contribution in [0.15, 0.2) is 6.33 Å². The van der Waals surface area contributed by atoms with Gasteiger partial charge in [-0.05, 0) is 6.42 Å². The molecule has 0 atom stereocenters. The summed E-state index contributed by atoms with van der Waals surface area (Å²) in [6.45, 7) is 3.87. The van der Waals surface area contributed by atoms with E-state index in [2.05, 4.69) is 10.1 Å². The fourth-order valence-electron chi connectivity index (χ4n) is 1.26. The molecule has 0 amide bonds. The van der Waals surface area contributed by atoms with E-state index in [4.69, 9.17) is 0 Å². The van der Waals surface area contributed by atoms with Crippen LogP contribution in [0.25, 0.3) is 0 Å². The monoisotopic (exact) mass is 195 g/mol. The second-order valence-electron chi connectivity index (χ2n) is 3.77. The van der Waals surface area contributed by atoms with E-state index in [1.54, 1.807) is 11.0 Å². The molecule has 1 rings (SSSR count). The van der Waals surface area contributed by atoms with Crippen molar-refractivity contribution in [3.63, 3.8) is 0 Å². The second kappa shape index (κ2) is 4.88. The molecule has 0 radical (unpaired) electrons. The first-order valence-corrected chi connectivity index (χ1v) is 4.97. The van der Waals surface area contributed by atoms with E-state index in [0.29, 0.717) is 12.2 Å². The van der Waals surface area contributed by atoms with Gasteiger partial charge in [0.2, 0.25) is 0 Å². The largest absolute Gasteiger partial charge is 0.299 e. The van der Waals surface area contributed by atoms with E-state index in [9.17, 15) is 4.79 Å². The Labute approximate surface area is 84.3 Å². The van der Waals surface area contributed by atoms with Gasteiger partial charge < -0.3 is 0 Å². The summed E-state index contributed by atoms with van der Waals surface area (Å²) in [6, 6.07) is 0. The van der Waals surface area contributed by atoms with Gasteiger partial charge in [-0.1, -0.05) is 13.8 Å². The SMILES string of the molecule is CC(C)C(=O)CCCc1ncnn1C. The van der Waals surface area contributed by atoms with Gasteiger partial charge in [0.15, 0.2) is 0 Å². The molecule has 0 aliphatic heterocycles. The maximum atomic E-state index is 11.3. The Morgan fingerprint density at radius 1 is 1.57 bits per heavy atom. The van der Waals surface area contributed by atoms with Crippen molar-refractivity contribution < 1.29 is 4.79 Å². The lowest BCUT2D eigenvalue weighted by Crippen LogP contribution is -2.08. The summed E-state index contributed by atoms with van der Waals surface area (Å²) in [5, 5.41) is 3.97. The number of nitrogens with zero attached hydrogens (tertiary/aromatic N) is 3. The Morgan fingerprint density at radius 2 is 2.29 bits per heavy atom. The molecule has 1 aromatic rings. The summed E-state index contributed by atoms with van der Waals surface area (Å²) in [5.74, 6) is 1.42. The van der Waals surface area contributed by atoms with Gasteiger partial charge in [-0.3, -0.25) is 9.48 Å². The maximum absolute atomic E-state index is 11.3. The lowest BCUT2D eigenvalue weighted by Gasteiger charge is -2.03. The van der Waals surface area contributed by atoms with Gasteiger partial charge in [0.05, 0.1) is 0 Å². The van der Waals surface area contributed by atoms with Crippen molar-refractivity contribution in [3.05, 3.63) is 12.2 Å². The van der Waals surface area contributed by atoms with Crippen LogP contribution in [-0.4, -0.2) is 20.5 Å². The van der Waals surface area contributed by atoms with Crippen LogP contribution in [0.1, 0.15) is 32.5 Å². The van der Waals surface area contributed by atoms with Crippen LogP contribution in [0.3, 0.4) is 0 Å². The van der Waals surface area contributed by atoms with Crippen molar-refractivity contribution in [1.82, 2.24) is 14.8 Å². The topological polar surface area (TPSA) is 47.8 Å². The first-order valence-electron chi connectivity index (χ1n) is 4.97. The Kier molecular flexibility index (Phi) is 3.80. The number of aromatic nitrogens is 3. The molecule has 0 saturated carbocycles. The van der Waals surface area contributed by atoms with E-state index in [0.717, 1.165) is 18.7 Å². The summed E-state index contributed by atoms with van der Waals surface area (Å²) < 4.78 is 1.75. The number of carbonyl (C=O) groups excluding carboxylic acids is 1. The predicted molar refractivity (Wildman–Crippen MR) is 53.8 cm³/mol. The van der Waals surface area contributed by atoms with Gasteiger partial charge in [-0.25, -0.2) is 4.98 Å². The highest BCUT2D eigenvalue weighted by molar-refractivity contribution is 5.80. The zero-order valence-corrected chi connectivity index (χ0v) is 9.03. The van der Waals surface area contributed by atoms with Crippen LogP contribution in [0.5, 0.6) is 0 Å². The Hall–Kier alpha value is -1.19. The number of ketones is 1. The van der Waals surface area contributed by atoms with Crippen molar-refractivity contribution in [2.24, 2.45) is 13.0 Å². The van der Waals surface area contributed by atoms with Gasteiger partial charge in [0, 0.05) is 25.8 Å². The number of hydrogen-bond acceptors (Lipinski definition) is 3. The van der Waals surface area contributed by atoms with Crippen LogP contribution in [0.4, 0.5) is 0 Å². The standard InChI is InChI=1S/C10H17N3O/c1-8(2)9(14)5-4-6-10-11-7-12-13(10)3/h7-8H,4-6H2,1-3H3. The van der Waals surface area contributed by atoms with Crippen molar-refractivity contribution in [2.45, 2.75) is 33.1 Å². The molecule has 0 N–H and O–H groups in total. The average molecular weight is 195 g/mol. The minimum atomic E-state index is 0.148. The predicted octanol–water partition coefficient (Wildman–Crippen LogP) is 1.36. The summed E-state index contributed by atoms with van der Waals surface area (Å²) in [5.41, 5.74) is 0. The van der Waals surface area contributed by atoms with Gasteiger partial charge in [0.25, 0.3) is 0 Å². The Morgan fingerprint density at radius 3 is 2.79 bits per heavy atom. The lowest BCUT2D eigenvalue weighted by atomic mass is 10.0. The summed E-state index contributed by atoms with van der Waals surface area (Å²) in [6.07, 6.45) is 3.88. The number of Topliss-reactive ketones (excluding diaryl/α,β-unsaturated/α-hetero) is 1. The number of rotatable bonds is 5. The van der Waals surface area contributed by atoms with Gasteiger partial charge in [0.1, 0.15) is 17.9 Å². The Balaban J connectivity index is 2.29. The molecule has 1 heterocycles. The third-order valence-electron chi connectivity index (χ3n) is 2.27. The lowest BCUT2D eigenvalue weighted by molar-refractivity contribution is -0.121. The highest BCUT2D eigenvalue weighted by atomic mass is 16.1. The summed E-state index contributed by atoms with van der Waals surface area (Å²) in [7, 11) is 1.87. The Bertz CT molecular complexity index is 304. The molecule has 0 aliphatic rings. The maximum Gasteiger partial charge on any atom is 0.138 e. The molecule has 78 valence electrons. The fraction of sp³-hybridized carbons (Fsp3) is 0.700. The molecule has 1 aromatic heterocycles. The molecule has 4 nitrogen and oxygen atoms in total. The highest BCUT2D eigenvalue weighted by Gasteiger charge is 2.07.